The second kappa shape index (κ2) is 7.48. The quantitative estimate of drug-likeness (QED) is 0.879. The van der Waals surface area contributed by atoms with Crippen molar-refractivity contribution in [1.29, 1.82) is 0 Å². The molecule has 0 spiro atoms. The number of aliphatic hydroxyl groups is 1. The molecule has 1 saturated heterocycles. The number of amides is 1. The molecule has 106 valence electrons. The van der Waals surface area contributed by atoms with E-state index in [-0.39, 0.29) is 18.3 Å². The second-order valence-corrected chi connectivity index (χ2v) is 4.80. The number of hydrogen-bond donors (Lipinski definition) is 2. The van der Waals surface area contributed by atoms with Crippen LogP contribution in [0.15, 0.2) is 30.3 Å². The molecule has 3 N–H and O–H groups in total. The Labute approximate surface area is 120 Å². The first-order chi connectivity index (χ1) is 8.68. The van der Waals surface area contributed by atoms with Crippen LogP contribution in [0.1, 0.15) is 24.8 Å². The molecule has 0 bridgehead atoms. The zero-order valence-electron chi connectivity index (χ0n) is 10.9. The van der Waals surface area contributed by atoms with E-state index in [0.29, 0.717) is 19.4 Å². The van der Waals surface area contributed by atoms with E-state index >= 15 is 0 Å². The summed E-state index contributed by atoms with van der Waals surface area (Å²) in [5.74, 6) is -0.147. The van der Waals surface area contributed by atoms with Crippen LogP contribution in [0, 0.1) is 0 Å². The van der Waals surface area contributed by atoms with Gasteiger partial charge in [-0.25, -0.2) is 0 Å². The number of benzene rings is 1. The summed E-state index contributed by atoms with van der Waals surface area (Å²) >= 11 is 0. The smallest absolute Gasteiger partial charge is 0.241 e. The van der Waals surface area contributed by atoms with Gasteiger partial charge in [0.05, 0.1) is 6.04 Å². The van der Waals surface area contributed by atoms with Crippen LogP contribution in [-0.4, -0.2) is 34.7 Å². The van der Waals surface area contributed by atoms with Gasteiger partial charge >= 0.3 is 0 Å². The van der Waals surface area contributed by atoms with E-state index in [1.807, 2.05) is 30.3 Å². The third-order valence-electron chi connectivity index (χ3n) is 3.37. The summed E-state index contributed by atoms with van der Waals surface area (Å²) in [6.45, 7) is 0.614. The van der Waals surface area contributed by atoms with Gasteiger partial charge in [-0.15, -0.1) is 12.4 Å². The molecule has 1 amide bonds. The highest BCUT2D eigenvalue weighted by Crippen LogP contribution is 2.16. The van der Waals surface area contributed by atoms with Crippen molar-refractivity contribution >= 4 is 18.3 Å². The largest absolute Gasteiger partial charge is 0.374 e. The minimum Gasteiger partial charge on any atom is -0.374 e. The molecule has 5 heteroatoms. The molecule has 0 aromatic heterocycles. The molecular formula is C14H21ClN2O2. The van der Waals surface area contributed by atoms with Gasteiger partial charge in [-0.1, -0.05) is 30.3 Å². The van der Waals surface area contributed by atoms with Crippen molar-refractivity contribution in [3.05, 3.63) is 35.9 Å². The number of carbonyl (C=O) groups is 1. The van der Waals surface area contributed by atoms with Crippen LogP contribution in [0.2, 0.25) is 0 Å². The molecule has 1 aliphatic heterocycles. The van der Waals surface area contributed by atoms with Gasteiger partial charge in [0.25, 0.3) is 0 Å². The van der Waals surface area contributed by atoms with Crippen LogP contribution < -0.4 is 5.73 Å². The van der Waals surface area contributed by atoms with E-state index in [2.05, 4.69) is 0 Å². The lowest BCUT2D eigenvalue weighted by atomic mass is 10.0. The number of piperidine rings is 1. The third-order valence-corrected chi connectivity index (χ3v) is 3.37. The van der Waals surface area contributed by atoms with Crippen molar-refractivity contribution in [2.75, 3.05) is 6.54 Å². The first kappa shape index (κ1) is 16.0. The molecule has 1 fully saturated rings. The average molecular weight is 285 g/mol. The first-order valence-electron chi connectivity index (χ1n) is 6.46. The van der Waals surface area contributed by atoms with Gasteiger partial charge in [-0.3, -0.25) is 4.79 Å². The van der Waals surface area contributed by atoms with E-state index in [0.717, 1.165) is 18.4 Å². The molecule has 0 saturated carbocycles. The van der Waals surface area contributed by atoms with E-state index in [4.69, 9.17) is 5.73 Å². The molecule has 0 aliphatic carbocycles. The minimum absolute atomic E-state index is 0. The maximum absolute atomic E-state index is 12.2. The van der Waals surface area contributed by atoms with Crippen molar-refractivity contribution in [2.45, 2.75) is 38.0 Å². The SMILES string of the molecule is Cl.N[C@@H](Cc1ccccc1)C(=O)N1CCCCC1O. The van der Waals surface area contributed by atoms with Gasteiger partial charge in [0.2, 0.25) is 5.91 Å². The molecule has 19 heavy (non-hydrogen) atoms. The number of rotatable bonds is 3. The maximum atomic E-state index is 12.2. The summed E-state index contributed by atoms with van der Waals surface area (Å²) in [6.07, 6.45) is 2.43. The normalized spacial score (nSPS) is 20.5. The van der Waals surface area contributed by atoms with Crippen molar-refractivity contribution in [3.8, 4) is 0 Å². The second-order valence-electron chi connectivity index (χ2n) is 4.80. The summed E-state index contributed by atoms with van der Waals surface area (Å²) in [5, 5.41) is 9.80. The van der Waals surface area contributed by atoms with Gasteiger partial charge in [0.15, 0.2) is 0 Å². The Bertz CT molecular complexity index is 400. The Kier molecular flexibility index (Phi) is 6.28. The van der Waals surface area contributed by atoms with E-state index in [1.165, 1.54) is 4.90 Å². The number of aliphatic hydroxyl groups excluding tert-OH is 1. The van der Waals surface area contributed by atoms with Crippen LogP contribution in [-0.2, 0) is 11.2 Å². The molecule has 1 aromatic rings. The summed E-state index contributed by atoms with van der Waals surface area (Å²) in [6, 6.07) is 9.15. The van der Waals surface area contributed by atoms with E-state index < -0.39 is 12.3 Å². The molecule has 4 nitrogen and oxygen atoms in total. The Hall–Kier alpha value is -1.10. The van der Waals surface area contributed by atoms with Crippen LogP contribution in [0.3, 0.4) is 0 Å². The molecule has 1 unspecified atom stereocenters. The molecule has 2 atom stereocenters. The zero-order chi connectivity index (χ0) is 13.0. The van der Waals surface area contributed by atoms with Gasteiger partial charge in [-0.05, 0) is 31.2 Å². The Morgan fingerprint density at radius 3 is 2.68 bits per heavy atom. The predicted molar refractivity (Wildman–Crippen MR) is 76.9 cm³/mol. The minimum atomic E-state index is -0.659. The van der Waals surface area contributed by atoms with Crippen LogP contribution in [0.4, 0.5) is 0 Å². The number of hydrogen-bond acceptors (Lipinski definition) is 3. The first-order valence-corrected chi connectivity index (χ1v) is 6.46. The zero-order valence-corrected chi connectivity index (χ0v) is 11.7. The van der Waals surface area contributed by atoms with Crippen molar-refractivity contribution < 1.29 is 9.90 Å². The number of halogens is 1. The van der Waals surface area contributed by atoms with Gasteiger partial charge in [0, 0.05) is 6.54 Å². The maximum Gasteiger partial charge on any atom is 0.241 e. The molecule has 2 rings (SSSR count). The van der Waals surface area contributed by atoms with Crippen LogP contribution in [0.25, 0.3) is 0 Å². The fourth-order valence-corrected chi connectivity index (χ4v) is 2.34. The number of nitrogens with two attached hydrogens (primary N) is 1. The highest BCUT2D eigenvalue weighted by Gasteiger charge is 2.28. The fraction of sp³-hybridized carbons (Fsp3) is 0.500. The number of carbonyl (C=O) groups excluding carboxylic acids is 1. The lowest BCUT2D eigenvalue weighted by molar-refractivity contribution is -0.145. The summed E-state index contributed by atoms with van der Waals surface area (Å²) in [7, 11) is 0. The van der Waals surface area contributed by atoms with Crippen molar-refractivity contribution in [1.82, 2.24) is 4.90 Å². The molecule has 1 heterocycles. The monoisotopic (exact) mass is 284 g/mol. The Balaban J connectivity index is 0.00000180. The summed E-state index contributed by atoms with van der Waals surface area (Å²) < 4.78 is 0. The van der Waals surface area contributed by atoms with Crippen molar-refractivity contribution in [3.63, 3.8) is 0 Å². The van der Waals surface area contributed by atoms with E-state index in [9.17, 15) is 9.90 Å². The summed E-state index contributed by atoms with van der Waals surface area (Å²) in [4.78, 5) is 13.7. The standard InChI is InChI=1S/C14H20N2O2.ClH/c15-12(10-11-6-2-1-3-7-11)14(18)16-9-5-4-8-13(16)17;/h1-3,6-7,12-13,17H,4-5,8-10,15H2;1H/t12-,13?;/m0./s1. The molecule has 1 aromatic carbocycles. The fourth-order valence-electron chi connectivity index (χ4n) is 2.34. The van der Waals surface area contributed by atoms with Gasteiger partial charge in [-0.2, -0.15) is 0 Å². The number of likely N-dealkylation sites (tertiary alicyclic amines) is 1. The predicted octanol–water partition coefficient (Wildman–Crippen LogP) is 1.31. The number of nitrogens with zero attached hydrogens (tertiary/aromatic N) is 1. The van der Waals surface area contributed by atoms with Gasteiger partial charge in [0.1, 0.15) is 6.23 Å². The molecule has 1 aliphatic rings. The Morgan fingerprint density at radius 2 is 2.05 bits per heavy atom. The lowest BCUT2D eigenvalue weighted by Gasteiger charge is -2.33. The van der Waals surface area contributed by atoms with E-state index in [1.54, 1.807) is 0 Å². The topological polar surface area (TPSA) is 66.6 Å². The van der Waals surface area contributed by atoms with Crippen LogP contribution >= 0.6 is 12.4 Å². The highest BCUT2D eigenvalue weighted by molar-refractivity contribution is 5.85. The summed E-state index contributed by atoms with van der Waals surface area (Å²) in [5.41, 5.74) is 6.99. The average Bonchev–Trinajstić information content (AvgIpc) is 2.39. The van der Waals surface area contributed by atoms with Crippen LogP contribution in [0.5, 0.6) is 0 Å². The third kappa shape index (κ3) is 4.20. The van der Waals surface area contributed by atoms with Gasteiger partial charge < -0.3 is 15.7 Å². The molecular weight excluding hydrogens is 264 g/mol. The molecule has 0 radical (unpaired) electrons. The lowest BCUT2D eigenvalue weighted by Crippen LogP contribution is -2.51. The van der Waals surface area contributed by atoms with Crippen molar-refractivity contribution in [2.24, 2.45) is 5.73 Å². The Morgan fingerprint density at radius 1 is 1.37 bits per heavy atom. The highest BCUT2D eigenvalue weighted by atomic mass is 35.5.